The Morgan fingerprint density at radius 3 is 2.78 bits per heavy atom. The smallest absolute Gasteiger partial charge is 0.163 e. The third-order valence-electron chi connectivity index (χ3n) is 2.63. The van der Waals surface area contributed by atoms with Crippen LogP contribution in [-0.2, 0) is 6.54 Å². The first-order valence-electron chi connectivity index (χ1n) is 5.64. The zero-order valence-electron chi connectivity index (χ0n) is 9.57. The molecular formula is C12H12BrN3O2. The molecule has 0 unspecified atom stereocenters. The average molecular weight is 310 g/mol. The second-order valence-corrected chi connectivity index (χ2v) is 4.72. The van der Waals surface area contributed by atoms with E-state index in [9.17, 15) is 0 Å². The normalized spacial score (nSPS) is 13.4. The van der Waals surface area contributed by atoms with Crippen LogP contribution >= 0.6 is 15.9 Å². The highest BCUT2D eigenvalue weighted by atomic mass is 79.9. The van der Waals surface area contributed by atoms with E-state index in [0.29, 0.717) is 19.8 Å². The number of aromatic amines is 1. The number of rotatable bonds is 3. The summed E-state index contributed by atoms with van der Waals surface area (Å²) in [6, 6.07) is 3.85. The van der Waals surface area contributed by atoms with Gasteiger partial charge in [0.15, 0.2) is 11.5 Å². The lowest BCUT2D eigenvalue weighted by Crippen LogP contribution is -2.15. The minimum Gasteiger partial charge on any atom is -0.486 e. The molecule has 2 N–H and O–H groups in total. The molecule has 0 amide bonds. The molecule has 0 spiro atoms. The first kappa shape index (κ1) is 11.4. The van der Waals surface area contributed by atoms with Gasteiger partial charge in [0, 0.05) is 29.0 Å². The molecule has 0 bridgehead atoms. The molecule has 1 aliphatic rings. The molecule has 0 saturated carbocycles. The Bertz CT molecular complexity index is 543. The standard InChI is InChI=1S/C12H12BrN3O2/c13-8-5-10-11(18-4-3-17-10)6-9(8)16-7-12-14-1-2-15-12/h1-2,5-6,16H,3-4,7H2,(H,14,15). The molecule has 5 nitrogen and oxygen atoms in total. The summed E-state index contributed by atoms with van der Waals surface area (Å²) in [7, 11) is 0. The van der Waals surface area contributed by atoms with Crippen LogP contribution in [0.2, 0.25) is 0 Å². The zero-order valence-corrected chi connectivity index (χ0v) is 11.2. The maximum absolute atomic E-state index is 5.55. The average Bonchev–Trinajstić information content (AvgIpc) is 2.89. The van der Waals surface area contributed by atoms with Crippen molar-refractivity contribution in [3.8, 4) is 11.5 Å². The predicted octanol–water partition coefficient (Wildman–Crippen LogP) is 2.56. The Morgan fingerprint density at radius 1 is 1.28 bits per heavy atom. The van der Waals surface area contributed by atoms with Crippen LogP contribution in [0.3, 0.4) is 0 Å². The van der Waals surface area contributed by atoms with Crippen LogP contribution < -0.4 is 14.8 Å². The summed E-state index contributed by atoms with van der Waals surface area (Å²) in [6.07, 6.45) is 3.53. The molecule has 2 aromatic rings. The minimum atomic E-state index is 0.590. The van der Waals surface area contributed by atoms with Crippen LogP contribution in [0.15, 0.2) is 29.0 Å². The van der Waals surface area contributed by atoms with Gasteiger partial charge in [-0.2, -0.15) is 0 Å². The fourth-order valence-corrected chi connectivity index (χ4v) is 2.24. The molecule has 3 rings (SSSR count). The lowest BCUT2D eigenvalue weighted by Gasteiger charge is -2.20. The first-order valence-corrected chi connectivity index (χ1v) is 6.43. The van der Waals surface area contributed by atoms with Crippen molar-refractivity contribution in [2.45, 2.75) is 6.54 Å². The van der Waals surface area contributed by atoms with Gasteiger partial charge >= 0.3 is 0 Å². The monoisotopic (exact) mass is 309 g/mol. The van der Waals surface area contributed by atoms with E-state index in [1.165, 1.54) is 0 Å². The molecule has 6 heteroatoms. The predicted molar refractivity (Wildman–Crippen MR) is 71.0 cm³/mol. The van der Waals surface area contributed by atoms with E-state index in [4.69, 9.17) is 9.47 Å². The fraction of sp³-hybridized carbons (Fsp3) is 0.250. The largest absolute Gasteiger partial charge is 0.486 e. The van der Waals surface area contributed by atoms with Crippen LogP contribution in [0.4, 0.5) is 5.69 Å². The van der Waals surface area contributed by atoms with Gasteiger partial charge in [0.25, 0.3) is 0 Å². The van der Waals surface area contributed by atoms with E-state index in [1.54, 1.807) is 12.4 Å². The highest BCUT2D eigenvalue weighted by Crippen LogP contribution is 2.38. The maximum atomic E-state index is 5.55. The van der Waals surface area contributed by atoms with Crippen LogP contribution in [0.25, 0.3) is 0 Å². The number of nitrogens with zero attached hydrogens (tertiary/aromatic N) is 1. The highest BCUT2D eigenvalue weighted by molar-refractivity contribution is 9.10. The highest BCUT2D eigenvalue weighted by Gasteiger charge is 2.14. The lowest BCUT2D eigenvalue weighted by atomic mass is 10.2. The Balaban J connectivity index is 1.79. The molecule has 1 aromatic heterocycles. The van der Waals surface area contributed by atoms with Crippen LogP contribution in [0.5, 0.6) is 11.5 Å². The van der Waals surface area contributed by atoms with E-state index in [2.05, 4.69) is 31.2 Å². The summed E-state index contributed by atoms with van der Waals surface area (Å²) in [4.78, 5) is 7.20. The summed E-state index contributed by atoms with van der Waals surface area (Å²) in [5.41, 5.74) is 0.954. The van der Waals surface area contributed by atoms with Gasteiger partial charge in [0.05, 0.1) is 12.2 Å². The van der Waals surface area contributed by atoms with E-state index < -0.39 is 0 Å². The van der Waals surface area contributed by atoms with Crippen molar-refractivity contribution in [2.75, 3.05) is 18.5 Å². The van der Waals surface area contributed by atoms with E-state index >= 15 is 0 Å². The summed E-state index contributed by atoms with van der Waals surface area (Å²) in [5.74, 6) is 2.43. The third kappa shape index (κ3) is 2.28. The molecule has 18 heavy (non-hydrogen) atoms. The third-order valence-corrected chi connectivity index (χ3v) is 3.29. The number of aromatic nitrogens is 2. The quantitative estimate of drug-likeness (QED) is 0.915. The number of halogens is 1. The van der Waals surface area contributed by atoms with Crippen molar-refractivity contribution < 1.29 is 9.47 Å². The fourth-order valence-electron chi connectivity index (χ4n) is 1.77. The summed E-state index contributed by atoms with van der Waals surface area (Å²) < 4.78 is 12.0. The number of imidazole rings is 1. The second kappa shape index (κ2) is 4.89. The molecule has 1 aromatic carbocycles. The molecule has 0 atom stereocenters. The van der Waals surface area contributed by atoms with Gasteiger partial charge in [0.2, 0.25) is 0 Å². The SMILES string of the molecule is Brc1cc2c(cc1NCc1ncc[nH]1)OCCO2. The van der Waals surface area contributed by atoms with Gasteiger partial charge < -0.3 is 19.8 Å². The number of benzene rings is 1. The number of nitrogens with one attached hydrogen (secondary N) is 2. The van der Waals surface area contributed by atoms with Gasteiger partial charge in [0.1, 0.15) is 19.0 Å². The number of hydrogen-bond acceptors (Lipinski definition) is 4. The summed E-state index contributed by atoms with van der Waals surface area (Å²) in [6.45, 7) is 1.82. The van der Waals surface area contributed by atoms with Crippen molar-refractivity contribution in [3.05, 3.63) is 34.8 Å². The van der Waals surface area contributed by atoms with Gasteiger partial charge in [-0.3, -0.25) is 0 Å². The molecular weight excluding hydrogens is 298 g/mol. The van der Waals surface area contributed by atoms with E-state index in [-0.39, 0.29) is 0 Å². The minimum absolute atomic E-state index is 0.590. The first-order chi connectivity index (χ1) is 8.83. The number of H-pyrrole nitrogens is 1. The van der Waals surface area contributed by atoms with Crippen molar-refractivity contribution >= 4 is 21.6 Å². The van der Waals surface area contributed by atoms with Gasteiger partial charge in [-0.1, -0.05) is 0 Å². The molecule has 2 heterocycles. The van der Waals surface area contributed by atoms with Gasteiger partial charge in [-0.05, 0) is 15.9 Å². The van der Waals surface area contributed by atoms with Gasteiger partial charge in [-0.15, -0.1) is 0 Å². The number of hydrogen-bond donors (Lipinski definition) is 2. The molecule has 0 saturated heterocycles. The Hall–Kier alpha value is -1.69. The number of ether oxygens (including phenoxy) is 2. The van der Waals surface area contributed by atoms with E-state index in [1.807, 2.05) is 12.1 Å². The molecule has 0 radical (unpaired) electrons. The summed E-state index contributed by atoms with van der Waals surface area (Å²) >= 11 is 3.51. The molecule has 0 aliphatic carbocycles. The van der Waals surface area contributed by atoms with Crippen molar-refractivity contribution in [3.63, 3.8) is 0 Å². The summed E-state index contributed by atoms with van der Waals surface area (Å²) in [5, 5.41) is 3.29. The number of fused-ring (bicyclic) bond motifs is 1. The van der Waals surface area contributed by atoms with Gasteiger partial charge in [-0.25, -0.2) is 4.98 Å². The van der Waals surface area contributed by atoms with Crippen LogP contribution in [0.1, 0.15) is 5.82 Å². The maximum Gasteiger partial charge on any atom is 0.163 e. The lowest BCUT2D eigenvalue weighted by molar-refractivity contribution is 0.171. The topological polar surface area (TPSA) is 59.2 Å². The molecule has 1 aliphatic heterocycles. The Kier molecular flexibility index (Phi) is 3.10. The van der Waals surface area contributed by atoms with Crippen molar-refractivity contribution in [1.82, 2.24) is 9.97 Å². The Labute approximate surface area is 113 Å². The molecule has 94 valence electrons. The molecule has 0 fully saturated rings. The van der Waals surface area contributed by atoms with Crippen molar-refractivity contribution in [1.29, 1.82) is 0 Å². The van der Waals surface area contributed by atoms with E-state index in [0.717, 1.165) is 27.5 Å². The van der Waals surface area contributed by atoms with Crippen LogP contribution in [0, 0.1) is 0 Å². The Morgan fingerprint density at radius 2 is 2.06 bits per heavy atom. The zero-order chi connectivity index (χ0) is 12.4. The second-order valence-electron chi connectivity index (χ2n) is 3.87. The van der Waals surface area contributed by atoms with Crippen LogP contribution in [-0.4, -0.2) is 23.2 Å². The number of anilines is 1. The van der Waals surface area contributed by atoms with Crippen molar-refractivity contribution in [2.24, 2.45) is 0 Å².